The highest BCUT2D eigenvalue weighted by molar-refractivity contribution is 4.51. The molecule has 0 aromatic carbocycles. The second-order valence-electron chi connectivity index (χ2n) is 9.28. The van der Waals surface area contributed by atoms with Crippen molar-refractivity contribution in [1.82, 2.24) is 0 Å². The van der Waals surface area contributed by atoms with Gasteiger partial charge in [-0.15, -0.1) is 0 Å². The van der Waals surface area contributed by atoms with E-state index in [0.717, 1.165) is 0 Å². The molecule has 5 heteroatoms. The third-order valence-electron chi connectivity index (χ3n) is 6.15. The molecule has 0 N–H and O–H groups in total. The van der Waals surface area contributed by atoms with Gasteiger partial charge in [0.1, 0.15) is 0 Å². The summed E-state index contributed by atoms with van der Waals surface area (Å²) in [6.07, 6.45) is 25.9. The van der Waals surface area contributed by atoms with Gasteiger partial charge in [0.2, 0.25) is 0 Å². The number of rotatable bonds is 21. The van der Waals surface area contributed by atoms with Crippen LogP contribution in [0, 0.1) is 0 Å². The average Bonchev–Trinajstić information content (AvgIpc) is 2.70. The summed E-state index contributed by atoms with van der Waals surface area (Å²) in [6, 6.07) is 0. The van der Waals surface area contributed by atoms with Crippen LogP contribution in [-0.2, 0) is 0 Å². The summed E-state index contributed by atoms with van der Waals surface area (Å²) in [7, 11) is 2.56. The van der Waals surface area contributed by atoms with Crippen LogP contribution in [0.1, 0.15) is 136 Å². The van der Waals surface area contributed by atoms with Crippen molar-refractivity contribution in [2.45, 2.75) is 136 Å². The number of hydrogen-bond acceptors (Lipinski definition) is 3. The molecule has 4 nitrogen and oxygen atoms in total. The van der Waals surface area contributed by atoms with Crippen molar-refractivity contribution in [1.29, 1.82) is 0 Å². The molecule has 0 radical (unpaired) electrons. The van der Waals surface area contributed by atoms with E-state index >= 15 is 0 Å². The monoisotopic (exact) mass is 543 g/mol. The molecule has 0 fully saturated rings. The Hall–Kier alpha value is 0.570. The first-order valence-electron chi connectivity index (χ1n) is 13.0. The lowest BCUT2D eigenvalue weighted by molar-refractivity contribution is -1.73. The van der Waals surface area contributed by atoms with E-state index in [2.05, 4.69) is 27.8 Å². The number of unbranched alkanes of at least 4 members (excludes halogenated alkanes) is 15. The molecule has 0 bridgehead atoms. The van der Waals surface area contributed by atoms with Gasteiger partial charge < -0.3 is 14.8 Å². The van der Waals surface area contributed by atoms with E-state index in [9.17, 15) is 0 Å². The van der Waals surface area contributed by atoms with Crippen molar-refractivity contribution in [2.75, 3.05) is 26.7 Å². The minimum atomic E-state index is -4.01. The second-order valence-corrected chi connectivity index (χ2v) is 10.4. The number of hydrogen-bond donors (Lipinski definition) is 0. The molecule has 0 amide bonds. The van der Waals surface area contributed by atoms with Crippen molar-refractivity contribution in [3.8, 4) is 0 Å². The molecule has 0 aliphatic rings. The molecule has 0 rings (SSSR count). The lowest BCUT2D eigenvalue weighted by Gasteiger charge is -2.35. The van der Waals surface area contributed by atoms with Crippen molar-refractivity contribution in [2.24, 2.45) is 0 Å². The molecular formula is C25H54INO3. The SMILES string of the molecule is CCCCCCCC[N+](C)(CCCCCCCC)CCCCCCCC.[O-][I+2]([O-])[O-]. The van der Waals surface area contributed by atoms with Crippen LogP contribution >= 0.6 is 0 Å². The fourth-order valence-corrected chi connectivity index (χ4v) is 4.16. The third kappa shape index (κ3) is 28.6. The van der Waals surface area contributed by atoms with Gasteiger partial charge in [0, 0.05) is 0 Å². The van der Waals surface area contributed by atoms with Crippen LogP contribution in [-0.4, -0.2) is 31.2 Å². The Bertz CT molecular complexity index is 273. The maximum absolute atomic E-state index is 8.57. The number of nitrogens with zero attached hydrogens (tertiary/aromatic N) is 1. The molecule has 0 saturated carbocycles. The highest BCUT2D eigenvalue weighted by atomic mass is 127. The Kier molecular flexibility index (Phi) is 28.2. The topological polar surface area (TPSA) is 69.2 Å². The maximum atomic E-state index is 8.57. The van der Waals surface area contributed by atoms with E-state index in [1.807, 2.05) is 0 Å². The lowest BCUT2D eigenvalue weighted by atomic mass is 10.1. The van der Waals surface area contributed by atoms with E-state index in [1.165, 1.54) is 140 Å². The van der Waals surface area contributed by atoms with Crippen LogP contribution in [0.5, 0.6) is 0 Å². The van der Waals surface area contributed by atoms with Crippen LogP contribution < -0.4 is 31.4 Å². The Balaban J connectivity index is 0. The Morgan fingerprint density at radius 2 is 0.633 bits per heavy atom. The summed E-state index contributed by atoms with van der Waals surface area (Å²) < 4.78 is 27.1. The summed E-state index contributed by atoms with van der Waals surface area (Å²) >= 11 is -4.01. The summed E-state index contributed by atoms with van der Waals surface area (Å²) in [5.41, 5.74) is 0. The van der Waals surface area contributed by atoms with Crippen LogP contribution in [0.25, 0.3) is 0 Å². The van der Waals surface area contributed by atoms with E-state index in [1.54, 1.807) is 0 Å². The summed E-state index contributed by atoms with van der Waals surface area (Å²) in [6.45, 7) is 11.2. The zero-order chi connectivity index (χ0) is 22.9. The van der Waals surface area contributed by atoms with Crippen LogP contribution in [0.15, 0.2) is 0 Å². The van der Waals surface area contributed by atoms with Gasteiger partial charge in [-0.05, 0) is 38.5 Å². The van der Waals surface area contributed by atoms with Gasteiger partial charge in [0.15, 0.2) is 0 Å². The number of quaternary nitrogens is 1. The second kappa shape index (κ2) is 25.8. The van der Waals surface area contributed by atoms with Crippen LogP contribution in [0.4, 0.5) is 0 Å². The van der Waals surface area contributed by atoms with E-state index in [4.69, 9.17) is 10.3 Å². The van der Waals surface area contributed by atoms with Gasteiger partial charge in [-0.25, -0.2) is 0 Å². The fourth-order valence-electron chi connectivity index (χ4n) is 4.16. The largest absolute Gasteiger partial charge is 0.427 e. The van der Waals surface area contributed by atoms with Gasteiger partial charge in [-0.2, -0.15) is 0 Å². The van der Waals surface area contributed by atoms with Crippen LogP contribution in [0.3, 0.4) is 0 Å². The van der Waals surface area contributed by atoms with E-state index in [-0.39, 0.29) is 0 Å². The molecule has 184 valence electrons. The molecule has 0 atom stereocenters. The van der Waals surface area contributed by atoms with Gasteiger partial charge in [0.25, 0.3) is 21.1 Å². The normalized spacial score (nSPS) is 11.6. The molecule has 0 aromatic heterocycles. The zero-order valence-electron chi connectivity index (χ0n) is 20.9. The Morgan fingerprint density at radius 1 is 0.433 bits per heavy atom. The molecule has 0 spiro atoms. The minimum absolute atomic E-state index is 1.36. The third-order valence-corrected chi connectivity index (χ3v) is 6.15. The van der Waals surface area contributed by atoms with Gasteiger partial charge in [-0.3, -0.25) is 0 Å². The molecule has 0 unspecified atom stereocenters. The molecule has 0 heterocycles. The maximum Gasteiger partial charge on any atom is 0.282 e. The molecular weight excluding hydrogens is 489 g/mol. The Labute approximate surface area is 198 Å². The lowest BCUT2D eigenvalue weighted by Crippen LogP contribution is -4.05. The molecule has 30 heavy (non-hydrogen) atoms. The van der Waals surface area contributed by atoms with E-state index < -0.39 is 21.1 Å². The zero-order valence-corrected chi connectivity index (χ0v) is 23.1. The first kappa shape index (κ1) is 32.7. The van der Waals surface area contributed by atoms with Crippen molar-refractivity contribution >= 4 is 0 Å². The standard InChI is InChI=1S/C25H54N.IO3/c1-5-8-11-14-17-20-23-26(4,24-21-18-15-12-9-6-2)25-22-19-16-13-10-7-3;2-1(3)4/h5-25H2,1-4H3;/q+1;-1. The minimum Gasteiger partial charge on any atom is -0.427 e. The highest BCUT2D eigenvalue weighted by Crippen LogP contribution is 2.16. The smallest absolute Gasteiger partial charge is 0.282 e. The van der Waals surface area contributed by atoms with Gasteiger partial charge in [-0.1, -0.05) is 97.8 Å². The van der Waals surface area contributed by atoms with Gasteiger partial charge >= 0.3 is 0 Å². The van der Waals surface area contributed by atoms with Crippen molar-refractivity contribution < 1.29 is 35.9 Å². The predicted octanol–water partition coefficient (Wildman–Crippen LogP) is 1.95. The molecule has 0 saturated heterocycles. The fraction of sp³-hybridized carbons (Fsp3) is 1.00. The van der Waals surface area contributed by atoms with Gasteiger partial charge in [0.05, 0.1) is 26.7 Å². The molecule has 0 aliphatic heterocycles. The first-order valence-corrected chi connectivity index (χ1v) is 15.6. The van der Waals surface area contributed by atoms with Crippen molar-refractivity contribution in [3.05, 3.63) is 0 Å². The van der Waals surface area contributed by atoms with Crippen molar-refractivity contribution in [3.63, 3.8) is 0 Å². The van der Waals surface area contributed by atoms with E-state index in [0.29, 0.717) is 0 Å². The number of halogens is 1. The quantitative estimate of drug-likeness (QED) is 0.126. The summed E-state index contributed by atoms with van der Waals surface area (Å²) in [5.74, 6) is 0. The molecule has 0 aromatic rings. The summed E-state index contributed by atoms with van der Waals surface area (Å²) in [4.78, 5) is 0. The average molecular weight is 544 g/mol. The predicted molar refractivity (Wildman–Crippen MR) is 121 cm³/mol. The first-order chi connectivity index (χ1) is 14.4. The van der Waals surface area contributed by atoms with Crippen LogP contribution in [0.2, 0.25) is 0 Å². The Morgan fingerprint density at radius 3 is 0.867 bits per heavy atom. The molecule has 0 aliphatic carbocycles. The summed E-state index contributed by atoms with van der Waals surface area (Å²) in [5, 5.41) is 0. The highest BCUT2D eigenvalue weighted by Gasteiger charge is 2.20.